The summed E-state index contributed by atoms with van der Waals surface area (Å²) in [6, 6.07) is 0. The first kappa shape index (κ1) is 18.6. The Morgan fingerprint density at radius 1 is 0.789 bits per heavy atom. The minimum atomic E-state index is -5.19. The maximum atomic E-state index is 13.3. The first-order chi connectivity index (χ1) is 8.33. The predicted molar refractivity (Wildman–Crippen MR) is 60.0 cm³/mol. The predicted octanol–water partition coefficient (Wildman–Crippen LogP) is 5.15. The summed E-state index contributed by atoms with van der Waals surface area (Å²) in [6.45, 7) is 5.84. The van der Waals surface area contributed by atoms with E-state index in [1.807, 2.05) is 0 Å². The van der Waals surface area contributed by atoms with E-state index >= 15 is 0 Å². The van der Waals surface area contributed by atoms with E-state index in [-0.39, 0.29) is 0 Å². The Balaban J connectivity index is 5.19. The average molecular weight is 331 g/mol. The quantitative estimate of drug-likeness (QED) is 0.340. The van der Waals surface area contributed by atoms with Crippen LogP contribution in [0, 0.1) is 0 Å². The highest BCUT2D eigenvalue weighted by Gasteiger charge is 2.65. The molecule has 9 heteroatoms. The van der Waals surface area contributed by atoms with Gasteiger partial charge in [0.2, 0.25) is 0 Å². The van der Waals surface area contributed by atoms with Crippen molar-refractivity contribution in [3.05, 3.63) is 25.3 Å². The summed E-state index contributed by atoms with van der Waals surface area (Å²) in [6.07, 6.45) is -11.6. The van der Waals surface area contributed by atoms with Crippen molar-refractivity contribution in [3.63, 3.8) is 0 Å². The van der Waals surface area contributed by atoms with Crippen LogP contribution in [0.1, 0.15) is 12.8 Å². The Labute approximate surface area is 115 Å². The van der Waals surface area contributed by atoms with Gasteiger partial charge in [0.05, 0.1) is 0 Å². The molecule has 0 spiro atoms. The maximum absolute atomic E-state index is 13.3. The van der Waals surface area contributed by atoms with Crippen LogP contribution in [-0.2, 0) is 4.74 Å². The monoisotopic (exact) mass is 330 g/mol. The van der Waals surface area contributed by atoms with Crippen molar-refractivity contribution in [3.8, 4) is 0 Å². The first-order valence-electron chi connectivity index (χ1n) is 4.76. The number of rotatable bonds is 8. The maximum Gasteiger partial charge on any atom is 0.408 e. The van der Waals surface area contributed by atoms with E-state index in [4.69, 9.17) is 23.2 Å². The van der Waals surface area contributed by atoms with Gasteiger partial charge in [-0.25, -0.2) is 13.5 Å². The summed E-state index contributed by atoms with van der Waals surface area (Å²) in [4.78, 5) is 0. The molecule has 0 saturated carbocycles. The standard InChI is InChI=1S/C10H10Cl2F6O/c1-3-5-7(11,13)9(15,16)19-10(17,18)8(12,14)6-4-2/h3-4H,1-2,5-6H2/t7-,8+. The molecule has 0 rings (SSSR count). The van der Waals surface area contributed by atoms with Gasteiger partial charge < -0.3 is 0 Å². The number of hydrogen-bond acceptors (Lipinski definition) is 1. The van der Waals surface area contributed by atoms with E-state index in [2.05, 4.69) is 17.9 Å². The molecule has 19 heavy (non-hydrogen) atoms. The van der Waals surface area contributed by atoms with Crippen molar-refractivity contribution in [2.24, 2.45) is 0 Å². The van der Waals surface area contributed by atoms with Gasteiger partial charge in [0.1, 0.15) is 0 Å². The summed E-state index contributed by atoms with van der Waals surface area (Å²) in [5.41, 5.74) is 0. The third-order valence-corrected chi connectivity index (χ3v) is 2.66. The van der Waals surface area contributed by atoms with E-state index in [1.54, 1.807) is 0 Å². The second kappa shape index (κ2) is 5.93. The summed E-state index contributed by atoms with van der Waals surface area (Å²) in [7, 11) is 0. The smallest absolute Gasteiger partial charge is 0.248 e. The highest BCUT2D eigenvalue weighted by atomic mass is 35.5. The second-order valence-electron chi connectivity index (χ2n) is 3.53. The summed E-state index contributed by atoms with van der Waals surface area (Å²) in [5.74, 6) is 0. The fraction of sp³-hybridized carbons (Fsp3) is 0.600. The molecule has 0 aromatic rings. The van der Waals surface area contributed by atoms with Gasteiger partial charge in [-0.2, -0.15) is 17.6 Å². The molecular formula is C10H10Cl2F6O. The van der Waals surface area contributed by atoms with E-state index in [1.165, 1.54) is 0 Å². The molecule has 0 aliphatic heterocycles. The minimum Gasteiger partial charge on any atom is -0.248 e. The van der Waals surface area contributed by atoms with Crippen LogP contribution < -0.4 is 0 Å². The molecule has 0 saturated heterocycles. The van der Waals surface area contributed by atoms with Crippen molar-refractivity contribution in [2.75, 3.05) is 0 Å². The summed E-state index contributed by atoms with van der Waals surface area (Å²) < 4.78 is 82.0. The van der Waals surface area contributed by atoms with E-state index < -0.39 is 35.3 Å². The number of halogens is 8. The van der Waals surface area contributed by atoms with Gasteiger partial charge in [-0.3, -0.25) is 0 Å². The average Bonchev–Trinajstić information content (AvgIpc) is 2.14. The zero-order valence-electron chi connectivity index (χ0n) is 9.42. The molecule has 2 atom stereocenters. The number of hydrogen-bond donors (Lipinski definition) is 0. The normalized spacial score (nSPS) is 19.4. The first-order valence-corrected chi connectivity index (χ1v) is 5.52. The Morgan fingerprint density at radius 2 is 1.05 bits per heavy atom. The van der Waals surface area contributed by atoms with Gasteiger partial charge in [0.15, 0.2) is 0 Å². The van der Waals surface area contributed by atoms with Crippen molar-refractivity contribution in [1.29, 1.82) is 0 Å². The molecule has 0 heterocycles. The van der Waals surface area contributed by atoms with Gasteiger partial charge in [0, 0.05) is 12.8 Å². The van der Waals surface area contributed by atoms with Crippen LogP contribution in [0.2, 0.25) is 0 Å². The summed E-state index contributed by atoms with van der Waals surface area (Å²) in [5, 5.41) is -8.03. The highest BCUT2D eigenvalue weighted by molar-refractivity contribution is 6.24. The lowest BCUT2D eigenvalue weighted by Gasteiger charge is -2.33. The van der Waals surface area contributed by atoms with Crippen LogP contribution in [0.5, 0.6) is 0 Å². The molecule has 0 aliphatic carbocycles. The van der Waals surface area contributed by atoms with Gasteiger partial charge >= 0.3 is 12.2 Å². The third kappa shape index (κ3) is 4.29. The molecule has 0 bridgehead atoms. The molecular weight excluding hydrogens is 321 g/mol. The van der Waals surface area contributed by atoms with E-state index in [9.17, 15) is 26.3 Å². The topological polar surface area (TPSA) is 9.23 Å². The van der Waals surface area contributed by atoms with Crippen LogP contribution >= 0.6 is 23.2 Å². The van der Waals surface area contributed by atoms with Crippen LogP contribution in [0.4, 0.5) is 26.3 Å². The minimum absolute atomic E-state index is 0.621. The summed E-state index contributed by atoms with van der Waals surface area (Å²) >= 11 is 9.46. The highest BCUT2D eigenvalue weighted by Crippen LogP contribution is 2.48. The zero-order chi connectivity index (χ0) is 15.5. The number of ether oxygens (including phenoxy) is 1. The van der Waals surface area contributed by atoms with Gasteiger partial charge in [-0.1, -0.05) is 35.4 Å². The number of allylic oxidation sites excluding steroid dienone is 2. The Hall–Kier alpha value is -0.400. The Bertz CT molecular complexity index is 311. The van der Waals surface area contributed by atoms with Gasteiger partial charge in [0.25, 0.3) is 10.3 Å². The molecule has 112 valence electrons. The fourth-order valence-electron chi connectivity index (χ4n) is 0.911. The molecule has 0 radical (unpaired) electrons. The van der Waals surface area contributed by atoms with Crippen molar-refractivity contribution < 1.29 is 31.1 Å². The number of alkyl halides is 8. The Kier molecular flexibility index (Phi) is 5.80. The molecule has 0 fully saturated rings. The fourth-order valence-corrected chi connectivity index (χ4v) is 1.21. The second-order valence-corrected chi connectivity index (χ2v) is 4.73. The lowest BCUT2D eigenvalue weighted by molar-refractivity contribution is -0.417. The van der Waals surface area contributed by atoms with Gasteiger partial charge in [-0.15, -0.1) is 13.2 Å². The van der Waals surface area contributed by atoms with E-state index in [0.29, 0.717) is 12.2 Å². The molecule has 0 unspecified atom stereocenters. The van der Waals surface area contributed by atoms with Crippen LogP contribution in [-0.4, -0.2) is 22.5 Å². The van der Waals surface area contributed by atoms with Crippen LogP contribution in [0.25, 0.3) is 0 Å². The Morgan fingerprint density at radius 3 is 1.26 bits per heavy atom. The molecule has 0 aromatic carbocycles. The van der Waals surface area contributed by atoms with Crippen molar-refractivity contribution >= 4 is 23.2 Å². The van der Waals surface area contributed by atoms with Crippen molar-refractivity contribution in [1.82, 2.24) is 0 Å². The van der Waals surface area contributed by atoms with Crippen LogP contribution in [0.3, 0.4) is 0 Å². The van der Waals surface area contributed by atoms with E-state index in [0.717, 1.165) is 0 Å². The lowest BCUT2D eigenvalue weighted by Crippen LogP contribution is -2.52. The SMILES string of the molecule is C=CC[C@](F)(Cl)C(F)(F)OC(F)(F)[C@](F)(Cl)CC=C. The van der Waals surface area contributed by atoms with Gasteiger partial charge in [-0.05, 0) is 0 Å². The zero-order valence-corrected chi connectivity index (χ0v) is 10.9. The third-order valence-electron chi connectivity index (χ3n) is 1.91. The van der Waals surface area contributed by atoms with Crippen LogP contribution in [0.15, 0.2) is 25.3 Å². The molecule has 1 nitrogen and oxygen atoms in total. The molecule has 0 aliphatic rings. The van der Waals surface area contributed by atoms with Crippen molar-refractivity contribution in [2.45, 2.75) is 35.3 Å². The molecule has 0 aromatic heterocycles. The largest absolute Gasteiger partial charge is 0.408 e. The molecule has 0 N–H and O–H groups in total. The molecule has 0 amide bonds. The lowest BCUT2D eigenvalue weighted by atomic mass is 10.2.